The van der Waals surface area contributed by atoms with Crippen LogP contribution >= 0.6 is 0 Å². The van der Waals surface area contributed by atoms with Crippen molar-refractivity contribution in [2.75, 3.05) is 18.8 Å². The van der Waals surface area contributed by atoms with Gasteiger partial charge in [0.15, 0.2) is 0 Å². The van der Waals surface area contributed by atoms with Gasteiger partial charge >= 0.3 is 0 Å². The van der Waals surface area contributed by atoms with Crippen LogP contribution in [0.1, 0.15) is 36.8 Å². The van der Waals surface area contributed by atoms with E-state index in [1.165, 1.54) is 0 Å². The molecule has 2 N–H and O–H groups in total. The summed E-state index contributed by atoms with van der Waals surface area (Å²) in [6, 6.07) is 7.33. The van der Waals surface area contributed by atoms with Crippen LogP contribution in [0, 0.1) is 11.3 Å². The monoisotopic (exact) mass is 243 g/mol. The fraction of sp³-hybridized carbons (Fsp3) is 0.429. The molecule has 0 saturated carbocycles. The van der Waals surface area contributed by atoms with Gasteiger partial charge in [-0.1, -0.05) is 12.1 Å². The molecule has 1 fully saturated rings. The van der Waals surface area contributed by atoms with E-state index >= 15 is 0 Å². The second-order valence-corrected chi connectivity index (χ2v) is 4.67. The van der Waals surface area contributed by atoms with Gasteiger partial charge in [0.2, 0.25) is 5.91 Å². The number of nitrogen functional groups attached to an aromatic ring is 1. The smallest absolute Gasteiger partial charge is 0.229 e. The molecular formula is C14H17N3O. The van der Waals surface area contributed by atoms with Gasteiger partial charge in [-0.2, -0.15) is 5.26 Å². The summed E-state index contributed by atoms with van der Waals surface area (Å²) in [6.45, 7) is 3.52. The summed E-state index contributed by atoms with van der Waals surface area (Å²) in [5, 5.41) is 8.95. The Morgan fingerprint density at radius 2 is 2.11 bits per heavy atom. The number of nitriles is 1. The van der Waals surface area contributed by atoms with Crippen LogP contribution in [0.15, 0.2) is 18.2 Å². The molecule has 1 saturated heterocycles. The average Bonchev–Trinajstić information content (AvgIpc) is 2.91. The van der Waals surface area contributed by atoms with E-state index in [0.717, 1.165) is 31.5 Å². The SMILES string of the molecule is CC(C(=O)N1CCCC1)c1cccc(C#N)c1N. The summed E-state index contributed by atoms with van der Waals surface area (Å²) in [5.74, 6) is -0.175. The highest BCUT2D eigenvalue weighted by Gasteiger charge is 2.25. The molecule has 0 spiro atoms. The fourth-order valence-corrected chi connectivity index (χ4v) is 2.40. The minimum Gasteiger partial charge on any atom is -0.397 e. The van der Waals surface area contributed by atoms with E-state index in [4.69, 9.17) is 11.0 Å². The first-order chi connectivity index (χ1) is 8.65. The predicted octanol–water partition coefficient (Wildman–Crippen LogP) is 1.87. The van der Waals surface area contributed by atoms with E-state index in [2.05, 4.69) is 0 Å². The molecule has 0 aromatic heterocycles. The third-order valence-electron chi connectivity index (χ3n) is 3.51. The Bertz CT molecular complexity index is 498. The summed E-state index contributed by atoms with van der Waals surface area (Å²) in [6.07, 6.45) is 2.15. The molecule has 1 unspecified atom stereocenters. The van der Waals surface area contributed by atoms with Crippen molar-refractivity contribution in [3.8, 4) is 6.07 Å². The lowest BCUT2D eigenvalue weighted by molar-refractivity contribution is -0.131. The Hall–Kier alpha value is -2.02. The molecule has 0 bridgehead atoms. The van der Waals surface area contributed by atoms with Gasteiger partial charge in [-0.3, -0.25) is 4.79 Å². The van der Waals surface area contributed by atoms with E-state index < -0.39 is 0 Å². The molecule has 4 nitrogen and oxygen atoms in total. The average molecular weight is 243 g/mol. The van der Waals surface area contributed by atoms with Crippen molar-refractivity contribution in [3.05, 3.63) is 29.3 Å². The summed E-state index contributed by atoms with van der Waals surface area (Å²) in [4.78, 5) is 14.2. The van der Waals surface area contributed by atoms with E-state index in [1.54, 1.807) is 12.1 Å². The van der Waals surface area contributed by atoms with E-state index in [1.807, 2.05) is 24.0 Å². The third-order valence-corrected chi connectivity index (χ3v) is 3.51. The molecule has 2 rings (SSSR count). The van der Waals surface area contributed by atoms with Crippen LogP contribution in [-0.4, -0.2) is 23.9 Å². The first-order valence-corrected chi connectivity index (χ1v) is 6.22. The first kappa shape index (κ1) is 12.4. The number of anilines is 1. The summed E-state index contributed by atoms with van der Waals surface area (Å²) < 4.78 is 0. The van der Waals surface area contributed by atoms with Gasteiger partial charge in [-0.05, 0) is 31.4 Å². The molecule has 1 aromatic rings. The zero-order chi connectivity index (χ0) is 13.1. The molecule has 1 aliphatic heterocycles. The van der Waals surface area contributed by atoms with Crippen molar-refractivity contribution < 1.29 is 4.79 Å². The summed E-state index contributed by atoms with van der Waals surface area (Å²) >= 11 is 0. The van der Waals surface area contributed by atoms with Crippen molar-refractivity contribution in [3.63, 3.8) is 0 Å². The standard InChI is InChI=1S/C14H17N3O/c1-10(14(18)17-7-2-3-8-17)12-6-4-5-11(9-15)13(12)16/h4-6,10H,2-3,7-8,16H2,1H3. The molecule has 1 atom stereocenters. The van der Waals surface area contributed by atoms with Gasteiger partial charge in [-0.25, -0.2) is 0 Å². The number of nitrogens with zero attached hydrogens (tertiary/aromatic N) is 2. The van der Waals surface area contributed by atoms with E-state index in [0.29, 0.717) is 11.3 Å². The highest BCUT2D eigenvalue weighted by atomic mass is 16.2. The maximum absolute atomic E-state index is 12.3. The zero-order valence-electron chi connectivity index (χ0n) is 10.5. The van der Waals surface area contributed by atoms with Gasteiger partial charge in [0.05, 0.1) is 17.2 Å². The number of likely N-dealkylation sites (tertiary alicyclic amines) is 1. The third kappa shape index (κ3) is 2.17. The number of para-hydroxylation sites is 1. The Balaban J connectivity index is 2.26. The van der Waals surface area contributed by atoms with Crippen molar-refractivity contribution in [2.45, 2.75) is 25.7 Å². The molecular weight excluding hydrogens is 226 g/mol. The Labute approximate surface area is 107 Å². The largest absolute Gasteiger partial charge is 0.397 e. The lowest BCUT2D eigenvalue weighted by atomic mass is 9.95. The molecule has 1 aliphatic rings. The minimum absolute atomic E-state index is 0.106. The van der Waals surface area contributed by atoms with Gasteiger partial charge in [0.1, 0.15) is 6.07 Å². The highest BCUT2D eigenvalue weighted by molar-refractivity contribution is 5.85. The van der Waals surface area contributed by atoms with E-state index in [-0.39, 0.29) is 11.8 Å². The maximum atomic E-state index is 12.3. The Kier molecular flexibility index (Phi) is 3.52. The Morgan fingerprint density at radius 1 is 1.44 bits per heavy atom. The van der Waals surface area contributed by atoms with Crippen molar-refractivity contribution >= 4 is 11.6 Å². The van der Waals surface area contributed by atoms with Crippen molar-refractivity contribution in [1.82, 2.24) is 4.90 Å². The first-order valence-electron chi connectivity index (χ1n) is 6.22. The number of carbonyl (C=O) groups excluding carboxylic acids is 1. The number of nitrogens with two attached hydrogens (primary N) is 1. The molecule has 1 amide bonds. The zero-order valence-corrected chi connectivity index (χ0v) is 10.5. The van der Waals surface area contributed by atoms with Crippen LogP contribution in [0.5, 0.6) is 0 Å². The second kappa shape index (κ2) is 5.09. The minimum atomic E-state index is -0.281. The van der Waals surface area contributed by atoms with Crippen molar-refractivity contribution in [2.24, 2.45) is 0 Å². The normalized spacial score (nSPS) is 16.3. The number of amides is 1. The number of rotatable bonds is 2. The van der Waals surface area contributed by atoms with Crippen LogP contribution in [0.4, 0.5) is 5.69 Å². The lowest BCUT2D eigenvalue weighted by Crippen LogP contribution is -2.31. The summed E-state index contributed by atoms with van der Waals surface area (Å²) in [7, 11) is 0. The van der Waals surface area contributed by atoms with Crippen LogP contribution in [0.2, 0.25) is 0 Å². The molecule has 94 valence electrons. The van der Waals surface area contributed by atoms with E-state index in [9.17, 15) is 4.79 Å². The molecule has 4 heteroatoms. The van der Waals surface area contributed by atoms with Crippen molar-refractivity contribution in [1.29, 1.82) is 5.26 Å². The van der Waals surface area contributed by atoms with Gasteiger partial charge in [0, 0.05) is 13.1 Å². The quantitative estimate of drug-likeness (QED) is 0.806. The molecule has 18 heavy (non-hydrogen) atoms. The van der Waals surface area contributed by atoms with Crippen LogP contribution in [-0.2, 0) is 4.79 Å². The van der Waals surface area contributed by atoms with Gasteiger partial charge in [-0.15, -0.1) is 0 Å². The number of benzene rings is 1. The molecule has 1 aromatic carbocycles. The predicted molar refractivity (Wildman–Crippen MR) is 69.8 cm³/mol. The van der Waals surface area contributed by atoms with Crippen LogP contribution in [0.25, 0.3) is 0 Å². The maximum Gasteiger partial charge on any atom is 0.229 e. The number of carbonyl (C=O) groups is 1. The molecule has 1 heterocycles. The fourth-order valence-electron chi connectivity index (χ4n) is 2.40. The molecule has 0 radical (unpaired) electrons. The number of hydrogen-bond acceptors (Lipinski definition) is 3. The second-order valence-electron chi connectivity index (χ2n) is 4.67. The lowest BCUT2D eigenvalue weighted by Gasteiger charge is -2.21. The topological polar surface area (TPSA) is 70.1 Å². The Morgan fingerprint density at radius 3 is 2.72 bits per heavy atom. The summed E-state index contributed by atoms with van der Waals surface area (Å²) in [5.41, 5.74) is 7.56. The van der Waals surface area contributed by atoms with Crippen LogP contribution < -0.4 is 5.73 Å². The number of hydrogen-bond donors (Lipinski definition) is 1. The molecule has 0 aliphatic carbocycles. The van der Waals surface area contributed by atoms with Crippen LogP contribution in [0.3, 0.4) is 0 Å². The highest BCUT2D eigenvalue weighted by Crippen LogP contribution is 2.27. The van der Waals surface area contributed by atoms with Gasteiger partial charge in [0.25, 0.3) is 0 Å². The van der Waals surface area contributed by atoms with Gasteiger partial charge < -0.3 is 10.6 Å².